The second-order valence-electron chi connectivity index (χ2n) is 5.31. The largest absolute Gasteiger partial charge is 0.452 e. The van der Waals surface area contributed by atoms with Crippen molar-refractivity contribution in [3.8, 4) is 11.5 Å². The van der Waals surface area contributed by atoms with Gasteiger partial charge in [0.2, 0.25) is 5.78 Å². The summed E-state index contributed by atoms with van der Waals surface area (Å²) in [5.74, 6) is -0.159. The predicted octanol–water partition coefficient (Wildman–Crippen LogP) is 5.14. The molecule has 0 bridgehead atoms. The Bertz CT molecular complexity index is 903. The number of fused-ring (bicyclic) bond motifs is 1. The number of ether oxygens (including phenoxy) is 2. The number of halogens is 3. The Hall–Kier alpha value is -2.01. The lowest BCUT2D eigenvalue weighted by molar-refractivity contribution is -0.133. The predicted molar refractivity (Wildman–Crippen MR) is 96.8 cm³/mol. The zero-order chi connectivity index (χ0) is 18.1. The third-order valence-corrected chi connectivity index (χ3v) is 4.34. The highest BCUT2D eigenvalue weighted by Gasteiger charge is 2.28. The highest BCUT2D eigenvalue weighted by Crippen LogP contribution is 2.35. The van der Waals surface area contributed by atoms with Gasteiger partial charge in [0.15, 0.2) is 5.76 Å². The fourth-order valence-electron chi connectivity index (χ4n) is 2.18. The Morgan fingerprint density at radius 3 is 2.60 bits per heavy atom. The van der Waals surface area contributed by atoms with Crippen molar-refractivity contribution in [2.24, 2.45) is 0 Å². The third-order valence-electron chi connectivity index (χ3n) is 3.43. The minimum Gasteiger partial charge on any atom is -0.452 e. The molecule has 0 saturated carbocycles. The van der Waals surface area contributed by atoms with Crippen molar-refractivity contribution in [1.29, 1.82) is 0 Å². The van der Waals surface area contributed by atoms with Gasteiger partial charge in [0.1, 0.15) is 16.9 Å². The molecule has 1 heterocycles. The topological polar surface area (TPSA) is 52.6 Å². The molecule has 128 valence electrons. The molecule has 7 heteroatoms. The molecule has 0 N–H and O–H groups in total. The molecule has 1 aliphatic heterocycles. The molecule has 2 aromatic rings. The molecule has 0 amide bonds. The van der Waals surface area contributed by atoms with E-state index in [9.17, 15) is 9.59 Å². The smallest absolute Gasteiger partial charge is 0.329 e. The van der Waals surface area contributed by atoms with Gasteiger partial charge in [-0.15, -0.1) is 11.6 Å². The Labute approximate surface area is 158 Å². The van der Waals surface area contributed by atoms with E-state index in [4.69, 9.17) is 44.3 Å². The second kappa shape index (κ2) is 7.08. The maximum Gasteiger partial charge on any atom is 0.329 e. The summed E-state index contributed by atoms with van der Waals surface area (Å²) in [5, 5.41) is 0.0232. The molecule has 0 spiro atoms. The number of carbonyl (C=O) groups excluding carboxylic acids is 2. The molecule has 25 heavy (non-hydrogen) atoms. The molecular weight excluding hydrogens is 387 g/mol. The minimum atomic E-state index is -0.777. The van der Waals surface area contributed by atoms with Crippen LogP contribution in [-0.2, 0) is 4.79 Å². The van der Waals surface area contributed by atoms with Crippen LogP contribution in [0.2, 0.25) is 10.0 Å². The van der Waals surface area contributed by atoms with E-state index in [1.54, 1.807) is 24.3 Å². The van der Waals surface area contributed by atoms with E-state index < -0.39 is 11.3 Å². The van der Waals surface area contributed by atoms with Crippen molar-refractivity contribution in [3.05, 3.63) is 63.3 Å². The lowest BCUT2D eigenvalue weighted by atomic mass is 10.1. The van der Waals surface area contributed by atoms with Crippen LogP contribution in [0, 0.1) is 0 Å². The van der Waals surface area contributed by atoms with Crippen molar-refractivity contribution in [1.82, 2.24) is 0 Å². The highest BCUT2D eigenvalue weighted by atomic mass is 35.5. The zero-order valence-electron chi connectivity index (χ0n) is 12.9. The van der Waals surface area contributed by atoms with Gasteiger partial charge in [-0.1, -0.05) is 29.3 Å². The van der Waals surface area contributed by atoms with Gasteiger partial charge >= 0.3 is 5.97 Å². The SMILES string of the molecule is CC(Cl)C(=O)Oc1ccc2c(c1)O/C(=C\c1ccc(Cl)c(Cl)c1)C2=O. The summed E-state index contributed by atoms with van der Waals surface area (Å²) in [4.78, 5) is 24.0. The van der Waals surface area contributed by atoms with Gasteiger partial charge in [-0.2, -0.15) is 0 Å². The first-order chi connectivity index (χ1) is 11.8. The number of hydrogen-bond donors (Lipinski definition) is 0. The average Bonchev–Trinajstić information content (AvgIpc) is 2.86. The van der Waals surface area contributed by atoms with Crippen LogP contribution in [0.15, 0.2) is 42.2 Å². The van der Waals surface area contributed by atoms with Gasteiger partial charge in [0.25, 0.3) is 0 Å². The molecule has 1 aliphatic rings. The fraction of sp³-hybridized carbons (Fsp3) is 0.111. The van der Waals surface area contributed by atoms with E-state index in [0.29, 0.717) is 26.9 Å². The molecular formula is C18H11Cl3O4. The van der Waals surface area contributed by atoms with E-state index in [1.807, 2.05) is 0 Å². The van der Waals surface area contributed by atoms with Gasteiger partial charge in [-0.05, 0) is 42.8 Å². The highest BCUT2D eigenvalue weighted by molar-refractivity contribution is 6.42. The van der Waals surface area contributed by atoms with Gasteiger partial charge in [-0.3, -0.25) is 9.59 Å². The number of alkyl halides is 1. The molecule has 0 radical (unpaired) electrons. The van der Waals surface area contributed by atoms with E-state index in [-0.39, 0.29) is 17.3 Å². The van der Waals surface area contributed by atoms with Crippen LogP contribution < -0.4 is 9.47 Å². The Balaban J connectivity index is 1.86. The van der Waals surface area contributed by atoms with E-state index in [2.05, 4.69) is 0 Å². The minimum absolute atomic E-state index is 0.141. The van der Waals surface area contributed by atoms with Crippen molar-refractivity contribution >= 4 is 52.6 Å². The third kappa shape index (κ3) is 3.82. The van der Waals surface area contributed by atoms with E-state index in [1.165, 1.54) is 25.1 Å². The quantitative estimate of drug-likeness (QED) is 0.311. The summed E-state index contributed by atoms with van der Waals surface area (Å²) in [5.41, 5.74) is 1.05. The van der Waals surface area contributed by atoms with Crippen LogP contribution in [0.1, 0.15) is 22.8 Å². The summed E-state index contributed by atoms with van der Waals surface area (Å²) in [6.07, 6.45) is 1.57. The molecule has 3 rings (SSSR count). The number of esters is 1. The zero-order valence-corrected chi connectivity index (χ0v) is 15.2. The van der Waals surface area contributed by atoms with Crippen LogP contribution in [0.4, 0.5) is 0 Å². The molecule has 4 nitrogen and oxygen atoms in total. The molecule has 2 aromatic carbocycles. The molecule has 1 atom stereocenters. The summed E-state index contributed by atoms with van der Waals surface area (Å²) < 4.78 is 10.7. The van der Waals surface area contributed by atoms with Gasteiger partial charge < -0.3 is 9.47 Å². The summed E-state index contributed by atoms with van der Waals surface area (Å²) in [7, 11) is 0. The first kappa shape index (κ1) is 17.8. The molecule has 0 fully saturated rings. The monoisotopic (exact) mass is 396 g/mol. The van der Waals surface area contributed by atoms with Crippen LogP contribution in [0.5, 0.6) is 11.5 Å². The van der Waals surface area contributed by atoms with Crippen LogP contribution in [0.3, 0.4) is 0 Å². The van der Waals surface area contributed by atoms with Crippen LogP contribution in [-0.4, -0.2) is 17.1 Å². The van der Waals surface area contributed by atoms with E-state index >= 15 is 0 Å². The number of benzene rings is 2. The second-order valence-corrected chi connectivity index (χ2v) is 6.78. The standard InChI is InChI=1S/C18H11Cl3O4/c1-9(19)18(23)24-11-3-4-12-15(8-11)25-16(17(12)22)7-10-2-5-13(20)14(21)6-10/h2-9H,1H3/b16-7-. The van der Waals surface area contributed by atoms with Crippen molar-refractivity contribution in [2.45, 2.75) is 12.3 Å². The molecule has 0 aromatic heterocycles. The number of Topliss-reactive ketones (excluding diaryl/α,β-unsaturated/α-hetero) is 1. The fourth-order valence-corrected chi connectivity index (χ4v) is 2.53. The maximum absolute atomic E-state index is 12.4. The van der Waals surface area contributed by atoms with Crippen molar-refractivity contribution in [2.75, 3.05) is 0 Å². The molecule has 0 saturated heterocycles. The lowest BCUT2D eigenvalue weighted by Gasteiger charge is -2.06. The normalized spacial score (nSPS) is 15.7. The number of carbonyl (C=O) groups is 2. The first-order valence-electron chi connectivity index (χ1n) is 7.24. The molecule has 1 unspecified atom stereocenters. The summed E-state index contributed by atoms with van der Waals surface area (Å²) in [6, 6.07) is 9.50. The number of hydrogen-bond acceptors (Lipinski definition) is 4. The van der Waals surface area contributed by atoms with E-state index in [0.717, 1.165) is 0 Å². The summed E-state index contributed by atoms with van der Waals surface area (Å²) in [6.45, 7) is 1.51. The first-order valence-corrected chi connectivity index (χ1v) is 8.43. The Morgan fingerprint density at radius 2 is 1.92 bits per heavy atom. The van der Waals surface area contributed by atoms with Gasteiger partial charge in [0.05, 0.1) is 15.6 Å². The van der Waals surface area contributed by atoms with Crippen LogP contribution >= 0.6 is 34.8 Å². The van der Waals surface area contributed by atoms with Gasteiger partial charge in [0, 0.05) is 6.07 Å². The maximum atomic E-state index is 12.4. The lowest BCUT2D eigenvalue weighted by Crippen LogP contribution is -2.17. The number of allylic oxidation sites excluding steroid dienone is 1. The van der Waals surface area contributed by atoms with Crippen molar-refractivity contribution in [3.63, 3.8) is 0 Å². The number of ketones is 1. The average molecular weight is 398 g/mol. The van der Waals surface area contributed by atoms with Crippen LogP contribution in [0.25, 0.3) is 6.08 Å². The Kier molecular flexibility index (Phi) is 5.04. The summed E-state index contributed by atoms with van der Waals surface area (Å²) >= 11 is 17.5. The van der Waals surface area contributed by atoms with Crippen molar-refractivity contribution < 1.29 is 19.1 Å². The number of rotatable bonds is 3. The Morgan fingerprint density at radius 1 is 1.16 bits per heavy atom. The molecule has 0 aliphatic carbocycles. The van der Waals surface area contributed by atoms with Gasteiger partial charge in [-0.25, -0.2) is 0 Å².